The summed E-state index contributed by atoms with van der Waals surface area (Å²) >= 11 is 0. The topological polar surface area (TPSA) is 142 Å². The number of aryl methyl sites for hydroxylation is 1. The van der Waals surface area contributed by atoms with Crippen LogP contribution in [0.25, 0.3) is 16.7 Å². The second-order valence-corrected chi connectivity index (χ2v) is 9.58. The van der Waals surface area contributed by atoms with E-state index in [9.17, 15) is 31.1 Å². The first-order valence-corrected chi connectivity index (χ1v) is 13.1. The quantitative estimate of drug-likeness (QED) is 0.269. The number of pyridine rings is 1. The maximum absolute atomic E-state index is 12.9. The Labute approximate surface area is 245 Å². The van der Waals surface area contributed by atoms with Crippen molar-refractivity contribution >= 4 is 34.5 Å². The summed E-state index contributed by atoms with van der Waals surface area (Å²) in [6, 6.07) is 14.6. The molecule has 0 radical (unpaired) electrons. The van der Waals surface area contributed by atoms with Gasteiger partial charge in [0.05, 0.1) is 11.0 Å². The van der Waals surface area contributed by atoms with Crippen molar-refractivity contribution in [3.05, 3.63) is 65.1 Å². The standard InChI is InChI=1S/C23H26N6O.2C2HF3O2/c1-3-24-23(30)21-13-20-19(8-9-22-26-25-16(2)29(20)22)28(21)15-18-7-4-6-17(12-18)14-27-10-5-11-27;2*3-2(4,5)1(6)7/h4,6-9,12-13H,3,5,10-11,14-15H2,1-2H3,(H,24,30);2*(H,6,7). The van der Waals surface area contributed by atoms with E-state index in [1.807, 2.05) is 36.4 Å². The first-order valence-electron chi connectivity index (χ1n) is 13.1. The molecule has 238 valence electrons. The molecule has 3 aromatic heterocycles. The monoisotopic (exact) mass is 630 g/mol. The molecule has 0 bridgehead atoms. The van der Waals surface area contributed by atoms with Crippen LogP contribution in [0.2, 0.25) is 0 Å². The molecule has 17 heteroatoms. The Morgan fingerprint density at radius 1 is 0.864 bits per heavy atom. The number of aromatic nitrogens is 4. The Balaban J connectivity index is 0.000000317. The van der Waals surface area contributed by atoms with Crippen LogP contribution in [0.3, 0.4) is 0 Å². The summed E-state index contributed by atoms with van der Waals surface area (Å²) in [6.45, 7) is 8.45. The van der Waals surface area contributed by atoms with Crippen molar-refractivity contribution in [2.24, 2.45) is 0 Å². The van der Waals surface area contributed by atoms with Crippen LogP contribution in [0.4, 0.5) is 26.3 Å². The number of hydrogen-bond donors (Lipinski definition) is 3. The van der Waals surface area contributed by atoms with Gasteiger partial charge in [-0.15, -0.1) is 10.2 Å². The number of hydrogen-bond acceptors (Lipinski definition) is 6. The normalized spacial score (nSPS) is 13.4. The molecule has 0 atom stereocenters. The Morgan fingerprint density at radius 3 is 1.93 bits per heavy atom. The van der Waals surface area contributed by atoms with Gasteiger partial charge in [-0.25, -0.2) is 9.59 Å². The molecule has 4 aromatic rings. The van der Waals surface area contributed by atoms with E-state index in [0.717, 1.165) is 29.0 Å². The van der Waals surface area contributed by atoms with Crippen LogP contribution >= 0.6 is 0 Å². The van der Waals surface area contributed by atoms with Gasteiger partial charge < -0.3 is 20.1 Å². The number of rotatable bonds is 6. The summed E-state index contributed by atoms with van der Waals surface area (Å²) in [6.07, 6.45) is -8.87. The highest BCUT2D eigenvalue weighted by Gasteiger charge is 2.38. The molecule has 0 aliphatic carbocycles. The fraction of sp³-hybridized carbons (Fsp3) is 0.370. The van der Waals surface area contributed by atoms with Crippen molar-refractivity contribution in [3.8, 4) is 0 Å². The van der Waals surface area contributed by atoms with Crippen molar-refractivity contribution < 1.29 is 50.9 Å². The summed E-state index contributed by atoms with van der Waals surface area (Å²) in [5.74, 6) is -4.77. The molecule has 1 fully saturated rings. The Morgan fingerprint density at radius 2 is 1.43 bits per heavy atom. The molecule has 0 unspecified atom stereocenters. The predicted molar refractivity (Wildman–Crippen MR) is 144 cm³/mol. The van der Waals surface area contributed by atoms with Gasteiger partial charge in [0.25, 0.3) is 5.91 Å². The Hall–Kier alpha value is -4.67. The van der Waals surface area contributed by atoms with Crippen molar-refractivity contribution in [1.29, 1.82) is 0 Å². The van der Waals surface area contributed by atoms with Crippen LogP contribution in [0.15, 0.2) is 42.5 Å². The Kier molecular flexibility index (Phi) is 10.6. The number of carboxylic acids is 2. The summed E-state index contributed by atoms with van der Waals surface area (Å²) in [5.41, 5.74) is 5.90. The van der Waals surface area contributed by atoms with Crippen molar-refractivity contribution in [2.45, 2.75) is 45.7 Å². The molecule has 11 nitrogen and oxygen atoms in total. The molecule has 0 spiro atoms. The molecule has 1 saturated heterocycles. The van der Waals surface area contributed by atoms with Gasteiger partial charge in [-0.3, -0.25) is 14.1 Å². The lowest BCUT2D eigenvalue weighted by Crippen LogP contribution is -2.36. The summed E-state index contributed by atoms with van der Waals surface area (Å²) in [5, 5.41) is 25.6. The van der Waals surface area contributed by atoms with Gasteiger partial charge in [0.1, 0.15) is 11.5 Å². The molecule has 4 heterocycles. The smallest absolute Gasteiger partial charge is 0.475 e. The van der Waals surface area contributed by atoms with E-state index in [0.29, 0.717) is 18.8 Å². The number of amides is 1. The number of carbonyl (C=O) groups is 3. The highest BCUT2D eigenvalue weighted by atomic mass is 19.4. The minimum absolute atomic E-state index is 0.0655. The van der Waals surface area contributed by atoms with Crippen LogP contribution in [0.5, 0.6) is 0 Å². The van der Waals surface area contributed by atoms with E-state index in [1.165, 1.54) is 30.6 Å². The number of likely N-dealkylation sites (tertiary alicyclic amines) is 1. The molecule has 44 heavy (non-hydrogen) atoms. The largest absolute Gasteiger partial charge is 0.490 e. The fourth-order valence-corrected chi connectivity index (χ4v) is 4.26. The molecule has 1 aromatic carbocycles. The zero-order valence-corrected chi connectivity index (χ0v) is 23.4. The second kappa shape index (κ2) is 13.7. The summed E-state index contributed by atoms with van der Waals surface area (Å²) in [4.78, 5) is 33.1. The second-order valence-electron chi connectivity index (χ2n) is 9.58. The van der Waals surface area contributed by atoms with E-state index in [1.54, 1.807) is 0 Å². The van der Waals surface area contributed by atoms with E-state index in [-0.39, 0.29) is 5.91 Å². The lowest BCUT2D eigenvalue weighted by Gasteiger charge is -2.30. The average Bonchev–Trinajstić information content (AvgIpc) is 3.46. The molecule has 5 rings (SSSR count). The number of carboxylic acid groups (broad SMARTS) is 2. The SMILES string of the molecule is CCNC(=O)c1cc2c(ccc3nnc(C)n32)n1Cc1cccc(CN2CCC2)c1.O=C(O)C(F)(F)F.O=C(O)C(F)(F)F. The number of nitrogens with zero attached hydrogens (tertiary/aromatic N) is 5. The number of carbonyl (C=O) groups excluding carboxylic acids is 1. The Bertz CT molecular complexity index is 1620. The molecule has 1 aliphatic heterocycles. The van der Waals surface area contributed by atoms with Gasteiger partial charge in [0.15, 0.2) is 5.65 Å². The van der Waals surface area contributed by atoms with Crippen LogP contribution in [0.1, 0.15) is 40.8 Å². The maximum Gasteiger partial charge on any atom is 0.490 e. The van der Waals surface area contributed by atoms with Gasteiger partial charge in [0.2, 0.25) is 0 Å². The number of fused-ring (bicyclic) bond motifs is 3. The fourth-order valence-electron chi connectivity index (χ4n) is 4.26. The molecular weight excluding hydrogens is 602 g/mol. The third-order valence-corrected chi connectivity index (χ3v) is 6.34. The molecule has 0 saturated carbocycles. The van der Waals surface area contributed by atoms with Gasteiger partial charge in [-0.1, -0.05) is 24.3 Å². The van der Waals surface area contributed by atoms with Crippen LogP contribution in [0, 0.1) is 6.92 Å². The van der Waals surface area contributed by atoms with E-state index in [4.69, 9.17) is 19.8 Å². The lowest BCUT2D eigenvalue weighted by atomic mass is 10.1. The zero-order valence-electron chi connectivity index (χ0n) is 23.4. The third-order valence-electron chi connectivity index (χ3n) is 6.34. The van der Waals surface area contributed by atoms with Crippen LogP contribution in [-0.2, 0) is 22.7 Å². The van der Waals surface area contributed by atoms with E-state index in [2.05, 4.69) is 49.2 Å². The third kappa shape index (κ3) is 8.46. The predicted octanol–water partition coefficient (Wildman–Crippen LogP) is 4.26. The van der Waals surface area contributed by atoms with Gasteiger partial charge >= 0.3 is 24.3 Å². The van der Waals surface area contributed by atoms with E-state index < -0.39 is 24.3 Å². The first kappa shape index (κ1) is 33.8. The number of aliphatic carboxylic acids is 2. The number of nitrogens with one attached hydrogen (secondary N) is 1. The minimum Gasteiger partial charge on any atom is -0.475 e. The van der Waals surface area contributed by atoms with Crippen molar-refractivity contribution in [3.63, 3.8) is 0 Å². The van der Waals surface area contributed by atoms with Crippen LogP contribution in [-0.4, -0.2) is 84.1 Å². The molecular formula is C27H28F6N6O5. The molecule has 1 aliphatic rings. The van der Waals surface area contributed by atoms with Crippen LogP contribution < -0.4 is 5.32 Å². The minimum atomic E-state index is -5.08. The highest BCUT2D eigenvalue weighted by Crippen LogP contribution is 2.24. The number of alkyl halides is 6. The summed E-state index contributed by atoms with van der Waals surface area (Å²) in [7, 11) is 0. The van der Waals surface area contributed by atoms with Crippen molar-refractivity contribution in [2.75, 3.05) is 19.6 Å². The van der Waals surface area contributed by atoms with Gasteiger partial charge in [-0.2, -0.15) is 26.3 Å². The maximum atomic E-state index is 12.9. The number of halogens is 6. The number of benzene rings is 1. The molecule has 3 N–H and O–H groups in total. The average molecular weight is 631 g/mol. The van der Waals surface area contributed by atoms with Crippen molar-refractivity contribution in [1.82, 2.24) is 29.4 Å². The van der Waals surface area contributed by atoms with E-state index >= 15 is 0 Å². The summed E-state index contributed by atoms with van der Waals surface area (Å²) < 4.78 is 67.6. The highest BCUT2D eigenvalue weighted by molar-refractivity contribution is 5.98. The van der Waals surface area contributed by atoms with Gasteiger partial charge in [-0.05, 0) is 62.7 Å². The zero-order chi connectivity index (χ0) is 32.8. The molecule has 1 amide bonds. The van der Waals surface area contributed by atoms with Gasteiger partial charge in [0, 0.05) is 19.6 Å². The first-order chi connectivity index (χ1) is 20.5. The lowest BCUT2D eigenvalue weighted by molar-refractivity contribution is -0.193.